The number of nitrogens with zero attached hydrogens (tertiary/aromatic N) is 1. The minimum Gasteiger partial charge on any atom is -0.368 e. The van der Waals surface area contributed by atoms with Gasteiger partial charge in [0.25, 0.3) is 0 Å². The van der Waals surface area contributed by atoms with Crippen LogP contribution in [0.3, 0.4) is 0 Å². The number of hydrogen-bond donors (Lipinski definition) is 1. The maximum absolute atomic E-state index is 6.16. The fourth-order valence-electron chi connectivity index (χ4n) is 3.07. The highest BCUT2D eigenvalue weighted by Crippen LogP contribution is 2.33. The molecule has 1 aromatic rings. The van der Waals surface area contributed by atoms with Crippen molar-refractivity contribution in [1.82, 2.24) is 0 Å². The summed E-state index contributed by atoms with van der Waals surface area (Å²) in [6.07, 6.45) is 6.53. The van der Waals surface area contributed by atoms with Gasteiger partial charge < -0.3 is 10.6 Å². The van der Waals surface area contributed by atoms with Crippen LogP contribution in [0.15, 0.2) is 22.7 Å². The van der Waals surface area contributed by atoms with Gasteiger partial charge >= 0.3 is 0 Å². The van der Waals surface area contributed by atoms with E-state index >= 15 is 0 Å². The van der Waals surface area contributed by atoms with Crippen molar-refractivity contribution >= 4 is 21.6 Å². The third kappa shape index (κ3) is 3.51. The molecule has 2 atom stereocenters. The summed E-state index contributed by atoms with van der Waals surface area (Å²) < 4.78 is 1.14. The summed E-state index contributed by atoms with van der Waals surface area (Å²) >= 11 is 3.61. The third-order valence-electron chi connectivity index (χ3n) is 4.14. The molecule has 106 valence electrons. The molecule has 2 unspecified atom stereocenters. The quantitative estimate of drug-likeness (QED) is 0.878. The van der Waals surface area contributed by atoms with Crippen LogP contribution in [0.1, 0.15) is 57.6 Å². The molecule has 2 nitrogen and oxygen atoms in total. The minimum absolute atomic E-state index is 0.0869. The van der Waals surface area contributed by atoms with Crippen molar-refractivity contribution in [3.8, 4) is 0 Å². The second-order valence-corrected chi connectivity index (χ2v) is 6.51. The molecule has 3 heteroatoms. The molecular formula is C16H25BrN2. The summed E-state index contributed by atoms with van der Waals surface area (Å²) in [6, 6.07) is 7.26. The van der Waals surface area contributed by atoms with Crippen LogP contribution in [0.25, 0.3) is 0 Å². The lowest BCUT2D eigenvalue weighted by Crippen LogP contribution is -2.35. The molecule has 0 spiro atoms. The van der Waals surface area contributed by atoms with Crippen LogP contribution in [0.5, 0.6) is 0 Å². The number of benzene rings is 1. The van der Waals surface area contributed by atoms with Gasteiger partial charge in [0.05, 0.1) is 0 Å². The molecule has 1 aliphatic rings. The Bertz CT molecular complexity index is 417. The van der Waals surface area contributed by atoms with Crippen molar-refractivity contribution in [2.75, 3.05) is 11.4 Å². The summed E-state index contributed by atoms with van der Waals surface area (Å²) in [6.45, 7) is 5.53. The highest BCUT2D eigenvalue weighted by Gasteiger charge is 2.22. The smallest absolute Gasteiger partial charge is 0.0428 e. The molecule has 0 radical (unpaired) electrons. The lowest BCUT2D eigenvalue weighted by molar-refractivity contribution is 0.553. The Balaban J connectivity index is 2.39. The predicted molar refractivity (Wildman–Crippen MR) is 86.6 cm³/mol. The molecule has 1 fully saturated rings. The van der Waals surface area contributed by atoms with Gasteiger partial charge in [-0.05, 0) is 43.9 Å². The Morgan fingerprint density at radius 1 is 1.37 bits per heavy atom. The summed E-state index contributed by atoms with van der Waals surface area (Å²) in [7, 11) is 0. The number of halogens is 1. The van der Waals surface area contributed by atoms with Crippen LogP contribution in [-0.2, 0) is 0 Å². The molecule has 1 aliphatic heterocycles. The first kappa shape index (κ1) is 14.9. The average Bonchev–Trinajstić information content (AvgIpc) is 2.63. The van der Waals surface area contributed by atoms with E-state index in [-0.39, 0.29) is 6.04 Å². The standard InChI is InChI=1S/C16H25BrN2/c1-3-14-7-5-4-6-10-19(14)16-11-13(17)8-9-15(16)12(2)18/h8-9,11-12,14H,3-7,10,18H2,1-2H3. The average molecular weight is 325 g/mol. The van der Waals surface area contributed by atoms with E-state index in [1.165, 1.54) is 43.4 Å². The highest BCUT2D eigenvalue weighted by molar-refractivity contribution is 9.10. The van der Waals surface area contributed by atoms with Crippen molar-refractivity contribution in [1.29, 1.82) is 0 Å². The van der Waals surface area contributed by atoms with E-state index in [4.69, 9.17) is 5.73 Å². The second kappa shape index (κ2) is 6.76. The Morgan fingerprint density at radius 2 is 2.16 bits per heavy atom. The van der Waals surface area contributed by atoms with Gasteiger partial charge in [-0.15, -0.1) is 0 Å². The van der Waals surface area contributed by atoms with Gasteiger partial charge in [-0.2, -0.15) is 0 Å². The van der Waals surface area contributed by atoms with Crippen LogP contribution in [0.2, 0.25) is 0 Å². The summed E-state index contributed by atoms with van der Waals surface area (Å²) in [5, 5.41) is 0. The largest absolute Gasteiger partial charge is 0.368 e. The fourth-order valence-corrected chi connectivity index (χ4v) is 3.42. The first-order valence-electron chi connectivity index (χ1n) is 7.45. The molecular weight excluding hydrogens is 300 g/mol. The first-order chi connectivity index (χ1) is 9.13. The van der Waals surface area contributed by atoms with E-state index in [0.29, 0.717) is 6.04 Å². The molecule has 1 saturated heterocycles. The molecule has 19 heavy (non-hydrogen) atoms. The summed E-state index contributed by atoms with van der Waals surface area (Å²) in [5.74, 6) is 0. The minimum atomic E-state index is 0.0869. The van der Waals surface area contributed by atoms with Crippen molar-refractivity contribution in [3.05, 3.63) is 28.2 Å². The lowest BCUT2D eigenvalue weighted by atomic mass is 10.0. The second-order valence-electron chi connectivity index (χ2n) is 5.60. The van der Waals surface area contributed by atoms with Gasteiger partial charge in [0.2, 0.25) is 0 Å². The van der Waals surface area contributed by atoms with Gasteiger partial charge in [-0.25, -0.2) is 0 Å². The normalized spacial score (nSPS) is 22.1. The van der Waals surface area contributed by atoms with Crippen molar-refractivity contribution in [2.24, 2.45) is 5.73 Å². The maximum Gasteiger partial charge on any atom is 0.0428 e. The molecule has 1 aromatic carbocycles. The summed E-state index contributed by atoms with van der Waals surface area (Å²) in [5.41, 5.74) is 8.75. The van der Waals surface area contributed by atoms with E-state index in [1.54, 1.807) is 0 Å². The highest BCUT2D eigenvalue weighted by atomic mass is 79.9. The van der Waals surface area contributed by atoms with Crippen molar-refractivity contribution in [3.63, 3.8) is 0 Å². The zero-order chi connectivity index (χ0) is 13.8. The fraction of sp³-hybridized carbons (Fsp3) is 0.625. The Hall–Kier alpha value is -0.540. The number of rotatable bonds is 3. The maximum atomic E-state index is 6.16. The van der Waals surface area contributed by atoms with Gasteiger partial charge in [0, 0.05) is 28.8 Å². The van der Waals surface area contributed by atoms with Crippen LogP contribution >= 0.6 is 15.9 Å². The topological polar surface area (TPSA) is 29.3 Å². The molecule has 2 N–H and O–H groups in total. The SMILES string of the molecule is CCC1CCCCCN1c1cc(Br)ccc1C(C)N. The van der Waals surface area contributed by atoms with Gasteiger partial charge in [-0.3, -0.25) is 0 Å². The number of anilines is 1. The zero-order valence-electron chi connectivity index (χ0n) is 12.0. The van der Waals surface area contributed by atoms with Gasteiger partial charge in [0.1, 0.15) is 0 Å². The number of nitrogens with two attached hydrogens (primary N) is 1. The monoisotopic (exact) mass is 324 g/mol. The van der Waals surface area contributed by atoms with Crippen LogP contribution in [0, 0.1) is 0 Å². The predicted octanol–water partition coefficient (Wildman–Crippen LogP) is 4.63. The zero-order valence-corrected chi connectivity index (χ0v) is 13.6. The number of hydrogen-bond acceptors (Lipinski definition) is 2. The third-order valence-corrected chi connectivity index (χ3v) is 4.63. The van der Waals surface area contributed by atoms with E-state index in [2.05, 4.69) is 52.9 Å². The van der Waals surface area contributed by atoms with Crippen LogP contribution < -0.4 is 10.6 Å². The van der Waals surface area contributed by atoms with E-state index in [0.717, 1.165) is 11.0 Å². The summed E-state index contributed by atoms with van der Waals surface area (Å²) in [4.78, 5) is 2.59. The molecule has 0 aliphatic carbocycles. The molecule has 2 rings (SSSR count). The molecule has 0 amide bonds. The van der Waals surface area contributed by atoms with Crippen molar-refractivity contribution in [2.45, 2.75) is 58.0 Å². The van der Waals surface area contributed by atoms with Crippen molar-refractivity contribution < 1.29 is 0 Å². The molecule has 0 saturated carbocycles. The lowest BCUT2D eigenvalue weighted by Gasteiger charge is -2.34. The van der Waals surface area contributed by atoms with E-state index < -0.39 is 0 Å². The van der Waals surface area contributed by atoms with Gasteiger partial charge in [0.15, 0.2) is 0 Å². The Kier molecular flexibility index (Phi) is 5.28. The van der Waals surface area contributed by atoms with E-state index in [9.17, 15) is 0 Å². The van der Waals surface area contributed by atoms with Crippen LogP contribution in [-0.4, -0.2) is 12.6 Å². The molecule has 1 heterocycles. The Labute approximate surface area is 125 Å². The molecule has 0 bridgehead atoms. The molecule has 0 aromatic heterocycles. The van der Waals surface area contributed by atoms with Gasteiger partial charge in [-0.1, -0.05) is 41.8 Å². The Morgan fingerprint density at radius 3 is 2.84 bits per heavy atom. The van der Waals surface area contributed by atoms with E-state index in [1.807, 2.05) is 0 Å². The first-order valence-corrected chi connectivity index (χ1v) is 8.24. The van der Waals surface area contributed by atoms with Crippen LogP contribution in [0.4, 0.5) is 5.69 Å².